The molecule has 0 saturated carbocycles. The van der Waals surface area contributed by atoms with Crippen molar-refractivity contribution in [3.8, 4) is 0 Å². The molecule has 230 valence electrons. The summed E-state index contributed by atoms with van der Waals surface area (Å²) in [5.41, 5.74) is 9.09. The normalized spacial score (nSPS) is 23.1. The van der Waals surface area contributed by atoms with Crippen LogP contribution < -0.4 is 0 Å². The van der Waals surface area contributed by atoms with Gasteiger partial charge in [-0.3, -0.25) is 0 Å². The Balaban J connectivity index is 2.77. The van der Waals surface area contributed by atoms with Crippen LogP contribution in [0.2, 0.25) is 0 Å². The minimum absolute atomic E-state index is 0.234. The van der Waals surface area contributed by atoms with Gasteiger partial charge in [0.25, 0.3) is 0 Å². The van der Waals surface area contributed by atoms with Crippen LogP contribution in [0.15, 0.2) is 5.11 Å². The molecule has 5 atom stereocenters. The van der Waals surface area contributed by atoms with E-state index in [2.05, 4.69) is 30.8 Å². The summed E-state index contributed by atoms with van der Waals surface area (Å²) in [4.78, 5) is 3.17. The van der Waals surface area contributed by atoms with Gasteiger partial charge in [0.05, 0.1) is 12.7 Å². The Morgan fingerprint density at radius 2 is 1.13 bits per heavy atom. The summed E-state index contributed by atoms with van der Waals surface area (Å²) in [5.74, 6) is 0. The van der Waals surface area contributed by atoms with Gasteiger partial charge < -0.3 is 18.9 Å². The highest BCUT2D eigenvalue weighted by Crippen LogP contribution is 2.33. The van der Waals surface area contributed by atoms with E-state index in [1.807, 2.05) is 6.26 Å². The molecule has 8 heteroatoms. The molecular formula is C31H61N3O4S. The molecule has 1 aliphatic heterocycles. The lowest BCUT2D eigenvalue weighted by Crippen LogP contribution is -2.59. The Kier molecular flexibility index (Phi) is 24.7. The monoisotopic (exact) mass is 571 g/mol. The molecule has 0 amide bonds. The van der Waals surface area contributed by atoms with Crippen LogP contribution in [0, 0.1) is 0 Å². The number of unbranched alkanes of at least 4 members (excludes halogenated alkanes) is 15. The van der Waals surface area contributed by atoms with Crippen molar-refractivity contribution in [1.29, 1.82) is 0 Å². The van der Waals surface area contributed by atoms with Crippen LogP contribution in [-0.2, 0) is 18.9 Å². The standard InChI is InChI=1S/C31H61N3O4S/c1-5-8-11-14-17-20-23-35-26-27-29(36-24-21-18-15-12-9-6-2)30(28(33-34-32)31(38-27)39-4)37-25-22-19-16-13-10-7-3/h27-31H,5-26H2,1-4H3/t27-,28-,29-,30-,31+/m1/s1. The Bertz CT molecular complexity index is 594. The van der Waals surface area contributed by atoms with Crippen LogP contribution in [0.25, 0.3) is 10.4 Å². The lowest BCUT2D eigenvalue weighted by molar-refractivity contribution is -0.204. The number of nitrogens with zero attached hydrogens (tertiary/aromatic N) is 3. The van der Waals surface area contributed by atoms with Crippen molar-refractivity contribution >= 4 is 11.8 Å². The maximum Gasteiger partial charge on any atom is 0.114 e. The topological polar surface area (TPSA) is 85.7 Å². The lowest BCUT2D eigenvalue weighted by atomic mass is 9.97. The van der Waals surface area contributed by atoms with E-state index in [4.69, 9.17) is 18.9 Å². The van der Waals surface area contributed by atoms with Crippen LogP contribution in [0.5, 0.6) is 0 Å². The largest absolute Gasteiger partial charge is 0.379 e. The molecule has 0 aliphatic carbocycles. The average molecular weight is 572 g/mol. The van der Waals surface area contributed by atoms with Crippen LogP contribution >= 0.6 is 11.8 Å². The molecule has 0 unspecified atom stereocenters. The predicted octanol–water partition coefficient (Wildman–Crippen LogP) is 9.62. The fourth-order valence-corrected chi connectivity index (χ4v) is 5.92. The second kappa shape index (κ2) is 26.4. The van der Waals surface area contributed by atoms with Crippen molar-refractivity contribution < 1.29 is 18.9 Å². The van der Waals surface area contributed by atoms with Gasteiger partial charge in [0, 0.05) is 24.7 Å². The van der Waals surface area contributed by atoms with Crippen molar-refractivity contribution in [2.45, 2.75) is 166 Å². The third-order valence-electron chi connectivity index (χ3n) is 7.57. The Labute approximate surface area is 244 Å². The smallest absolute Gasteiger partial charge is 0.114 e. The Hall–Kier alpha value is -0.500. The zero-order chi connectivity index (χ0) is 28.4. The highest BCUT2D eigenvalue weighted by Gasteiger charge is 2.47. The van der Waals surface area contributed by atoms with Crippen molar-refractivity contribution in [2.75, 3.05) is 32.7 Å². The molecule has 39 heavy (non-hydrogen) atoms. The third-order valence-corrected chi connectivity index (χ3v) is 8.43. The minimum atomic E-state index is -0.422. The fraction of sp³-hybridized carbons (Fsp3) is 1.00. The molecular weight excluding hydrogens is 510 g/mol. The zero-order valence-electron chi connectivity index (χ0n) is 25.8. The number of thioether (sulfide) groups is 1. The van der Waals surface area contributed by atoms with Crippen LogP contribution in [0.3, 0.4) is 0 Å². The van der Waals surface area contributed by atoms with Gasteiger partial charge >= 0.3 is 0 Å². The first-order chi connectivity index (χ1) is 19.2. The molecule has 7 nitrogen and oxygen atoms in total. The zero-order valence-corrected chi connectivity index (χ0v) is 26.6. The Morgan fingerprint density at radius 3 is 1.62 bits per heavy atom. The third kappa shape index (κ3) is 17.1. The highest BCUT2D eigenvalue weighted by atomic mass is 32.2. The summed E-state index contributed by atoms with van der Waals surface area (Å²) in [7, 11) is 0. The molecule has 1 fully saturated rings. The molecule has 0 spiro atoms. The summed E-state index contributed by atoms with van der Waals surface area (Å²) in [5, 5.41) is 4.15. The van der Waals surface area contributed by atoms with E-state index in [0.717, 1.165) is 32.3 Å². The van der Waals surface area contributed by atoms with Crippen molar-refractivity contribution in [3.05, 3.63) is 10.4 Å². The Morgan fingerprint density at radius 1 is 0.667 bits per heavy atom. The molecule has 0 aromatic heterocycles. The van der Waals surface area contributed by atoms with E-state index in [9.17, 15) is 5.53 Å². The molecule has 1 rings (SSSR count). The summed E-state index contributed by atoms with van der Waals surface area (Å²) >= 11 is 1.57. The molecule has 0 aromatic carbocycles. The first kappa shape index (κ1) is 36.5. The summed E-state index contributed by atoms with van der Waals surface area (Å²) in [6.07, 6.45) is 23.1. The predicted molar refractivity (Wildman–Crippen MR) is 166 cm³/mol. The van der Waals surface area contributed by atoms with E-state index >= 15 is 0 Å². The van der Waals surface area contributed by atoms with Crippen LogP contribution in [0.1, 0.15) is 136 Å². The number of azide groups is 1. The van der Waals surface area contributed by atoms with Gasteiger partial charge in [0.1, 0.15) is 23.7 Å². The van der Waals surface area contributed by atoms with Crippen molar-refractivity contribution in [1.82, 2.24) is 0 Å². The lowest BCUT2D eigenvalue weighted by Gasteiger charge is -2.44. The van der Waals surface area contributed by atoms with Gasteiger partial charge in [-0.15, -0.1) is 11.8 Å². The first-order valence-electron chi connectivity index (χ1n) is 16.3. The highest BCUT2D eigenvalue weighted by molar-refractivity contribution is 7.99. The van der Waals surface area contributed by atoms with Crippen molar-refractivity contribution in [2.24, 2.45) is 5.11 Å². The maximum absolute atomic E-state index is 9.36. The quantitative estimate of drug-likeness (QED) is 0.0424. The van der Waals surface area contributed by atoms with E-state index in [0.29, 0.717) is 19.8 Å². The SMILES string of the molecule is CCCCCCCCOC[C@H]1O[C@@H](SC)[C@H](N=[N+]=[N-])[C@@H](OCCCCCCCC)[C@@H]1OCCCCCCCC. The number of ether oxygens (including phenoxy) is 4. The van der Waals surface area contributed by atoms with E-state index in [1.165, 1.54) is 89.9 Å². The minimum Gasteiger partial charge on any atom is -0.379 e. The summed E-state index contributed by atoms with van der Waals surface area (Å²) < 4.78 is 25.6. The van der Waals surface area contributed by atoms with Crippen molar-refractivity contribution in [3.63, 3.8) is 0 Å². The van der Waals surface area contributed by atoms with Gasteiger partial charge in [-0.1, -0.05) is 122 Å². The van der Waals surface area contributed by atoms with Gasteiger partial charge in [0.2, 0.25) is 0 Å². The molecule has 1 aliphatic rings. The average Bonchev–Trinajstić information content (AvgIpc) is 2.95. The molecule has 0 aromatic rings. The van der Waals surface area contributed by atoms with Gasteiger partial charge in [-0.25, -0.2) is 0 Å². The van der Waals surface area contributed by atoms with E-state index < -0.39 is 6.04 Å². The second-order valence-electron chi connectivity index (χ2n) is 11.0. The fourth-order valence-electron chi connectivity index (χ4n) is 5.18. The van der Waals surface area contributed by atoms with Gasteiger partial charge in [0.15, 0.2) is 0 Å². The molecule has 1 heterocycles. The van der Waals surface area contributed by atoms with Gasteiger partial charge in [-0.2, -0.15) is 0 Å². The van der Waals surface area contributed by atoms with E-state index in [1.54, 1.807) is 11.8 Å². The molecule has 1 saturated heterocycles. The summed E-state index contributed by atoms with van der Waals surface area (Å²) in [6, 6.07) is -0.422. The maximum atomic E-state index is 9.36. The molecule has 0 radical (unpaired) electrons. The number of hydrogen-bond acceptors (Lipinski definition) is 6. The van der Waals surface area contributed by atoms with Crippen LogP contribution in [0.4, 0.5) is 0 Å². The second-order valence-corrected chi connectivity index (χ2v) is 12.0. The van der Waals surface area contributed by atoms with Crippen LogP contribution in [-0.4, -0.2) is 62.5 Å². The number of rotatable bonds is 27. The summed E-state index contributed by atoms with van der Waals surface area (Å²) in [6.45, 7) is 9.27. The van der Waals surface area contributed by atoms with Gasteiger partial charge in [-0.05, 0) is 31.0 Å². The number of hydrogen-bond donors (Lipinski definition) is 0. The molecule has 0 N–H and O–H groups in total. The molecule has 0 bridgehead atoms. The first-order valence-corrected chi connectivity index (χ1v) is 17.6. The van der Waals surface area contributed by atoms with E-state index in [-0.39, 0.29) is 23.7 Å².